The Balaban J connectivity index is 0.00000105. The lowest BCUT2D eigenvalue weighted by Crippen LogP contribution is -2.46. The Morgan fingerprint density at radius 2 is 1.77 bits per heavy atom. The molecule has 1 aromatic rings. The van der Waals surface area contributed by atoms with Crippen molar-refractivity contribution in [3.63, 3.8) is 0 Å². The van der Waals surface area contributed by atoms with E-state index in [9.17, 15) is 0 Å². The molecule has 148 valence electrons. The van der Waals surface area contributed by atoms with Crippen molar-refractivity contribution in [1.29, 1.82) is 0 Å². The van der Waals surface area contributed by atoms with E-state index >= 15 is 0 Å². The highest BCUT2D eigenvalue weighted by molar-refractivity contribution is 5.44. The van der Waals surface area contributed by atoms with Gasteiger partial charge in [0.2, 0.25) is 13.2 Å². The highest BCUT2D eigenvalue weighted by atomic mass is 16.7. The Kier molecular flexibility index (Phi) is 9.49. The third-order valence-electron chi connectivity index (χ3n) is 4.81. The largest absolute Gasteiger partial charge is 0.454 e. The van der Waals surface area contributed by atoms with Crippen LogP contribution in [0, 0.1) is 11.8 Å². The quantitative estimate of drug-likeness (QED) is 0.712. The van der Waals surface area contributed by atoms with Gasteiger partial charge in [-0.25, -0.2) is 0 Å². The summed E-state index contributed by atoms with van der Waals surface area (Å²) in [7, 11) is 0. The summed E-state index contributed by atoms with van der Waals surface area (Å²) in [5.74, 6) is 3.17. The summed E-state index contributed by atoms with van der Waals surface area (Å²) in [6.07, 6.45) is 2.56. The molecule has 26 heavy (non-hydrogen) atoms. The Morgan fingerprint density at radius 3 is 2.31 bits per heavy atom. The number of likely N-dealkylation sites (N-methyl/N-ethyl adjacent to an activating group) is 1. The van der Waals surface area contributed by atoms with Crippen LogP contribution in [0.3, 0.4) is 0 Å². The second-order valence-corrected chi connectivity index (χ2v) is 7.65. The molecule has 0 aromatic heterocycles. The number of hydrogen-bond donors (Lipinski definition) is 1. The molecule has 0 saturated carbocycles. The van der Waals surface area contributed by atoms with Gasteiger partial charge in [0.15, 0.2) is 11.5 Å². The number of carbonyl (C=O) groups excluding carboxylic acids is 1. The second-order valence-electron chi connectivity index (χ2n) is 7.65. The van der Waals surface area contributed by atoms with Gasteiger partial charge in [0.25, 0.3) is 0 Å². The minimum atomic E-state index is 0.250. The van der Waals surface area contributed by atoms with Crippen LogP contribution < -0.4 is 15.2 Å². The van der Waals surface area contributed by atoms with E-state index in [-0.39, 0.29) is 6.41 Å². The molecule has 0 spiro atoms. The van der Waals surface area contributed by atoms with Crippen molar-refractivity contribution in [3.05, 3.63) is 23.8 Å². The van der Waals surface area contributed by atoms with Crippen LogP contribution in [-0.2, 0) is 11.2 Å². The molecule has 1 aliphatic rings. The van der Waals surface area contributed by atoms with Gasteiger partial charge in [0, 0.05) is 12.1 Å². The van der Waals surface area contributed by atoms with E-state index in [2.05, 4.69) is 64.3 Å². The van der Waals surface area contributed by atoms with Gasteiger partial charge in [0.1, 0.15) is 0 Å². The van der Waals surface area contributed by atoms with Crippen LogP contribution in [0.25, 0.3) is 0 Å². The number of primary amides is 1. The fourth-order valence-corrected chi connectivity index (χ4v) is 3.67. The molecule has 1 heterocycles. The van der Waals surface area contributed by atoms with Crippen LogP contribution in [0.2, 0.25) is 0 Å². The van der Waals surface area contributed by atoms with Gasteiger partial charge in [0.05, 0.1) is 0 Å². The standard InChI is InChI=1S/C20H33NO2.CH3NO/c1-7-21(18(15(4)5)10-14(2)3)16(6)11-17-8-9-19-20(12-17)23-13-22-19;2-1-3/h8-9,12,14-16,18H,7,10-11,13H2,1-6H3;1H,(H2,2,3). The third-order valence-corrected chi connectivity index (χ3v) is 4.81. The molecule has 0 aliphatic carbocycles. The van der Waals surface area contributed by atoms with E-state index in [0.717, 1.165) is 30.4 Å². The number of benzene rings is 1. The summed E-state index contributed by atoms with van der Waals surface area (Å²) in [4.78, 5) is 11.3. The van der Waals surface area contributed by atoms with E-state index in [1.807, 2.05) is 6.07 Å². The summed E-state index contributed by atoms with van der Waals surface area (Å²) >= 11 is 0. The van der Waals surface area contributed by atoms with Gasteiger partial charge < -0.3 is 15.2 Å². The molecule has 1 aromatic carbocycles. The first-order valence-electron chi connectivity index (χ1n) is 9.63. The van der Waals surface area contributed by atoms with E-state index in [1.165, 1.54) is 12.0 Å². The molecule has 2 rings (SSSR count). The number of ether oxygens (including phenoxy) is 2. The van der Waals surface area contributed by atoms with Gasteiger partial charge >= 0.3 is 0 Å². The molecule has 0 fully saturated rings. The van der Waals surface area contributed by atoms with Gasteiger partial charge in [-0.15, -0.1) is 0 Å². The zero-order valence-electron chi connectivity index (χ0n) is 17.2. The number of amides is 1. The fourth-order valence-electron chi connectivity index (χ4n) is 3.67. The number of nitrogens with zero attached hydrogens (tertiary/aromatic N) is 1. The van der Waals surface area contributed by atoms with Crippen molar-refractivity contribution in [2.45, 2.75) is 66.5 Å². The summed E-state index contributed by atoms with van der Waals surface area (Å²) in [6, 6.07) is 7.51. The van der Waals surface area contributed by atoms with Crippen molar-refractivity contribution < 1.29 is 14.3 Å². The minimum absolute atomic E-state index is 0.250. The molecular weight excluding hydrogens is 328 g/mol. The molecule has 5 heteroatoms. The zero-order valence-corrected chi connectivity index (χ0v) is 17.2. The smallest absolute Gasteiger partial charge is 0.231 e. The van der Waals surface area contributed by atoms with Crippen LogP contribution in [0.15, 0.2) is 18.2 Å². The molecule has 5 nitrogen and oxygen atoms in total. The van der Waals surface area contributed by atoms with E-state index in [0.29, 0.717) is 24.8 Å². The first-order chi connectivity index (χ1) is 12.3. The SMILES string of the molecule is CCN(C(C)Cc1ccc2c(c1)OCO2)C(CC(C)C)C(C)C.NC=O. The topological polar surface area (TPSA) is 64.8 Å². The molecule has 0 radical (unpaired) electrons. The summed E-state index contributed by atoms with van der Waals surface area (Å²) in [5, 5.41) is 0. The minimum Gasteiger partial charge on any atom is -0.454 e. The van der Waals surface area contributed by atoms with Crippen LogP contribution >= 0.6 is 0 Å². The fraction of sp³-hybridized carbons (Fsp3) is 0.667. The first kappa shape index (κ1) is 22.3. The predicted octanol–water partition coefficient (Wildman–Crippen LogP) is 3.84. The average molecular weight is 365 g/mol. The molecule has 0 saturated heterocycles. The Bertz CT molecular complexity index is 546. The van der Waals surface area contributed by atoms with E-state index in [4.69, 9.17) is 14.3 Å². The molecule has 2 unspecified atom stereocenters. The Labute approximate surface area is 158 Å². The molecular formula is C21H36N2O3. The van der Waals surface area contributed by atoms with Crippen LogP contribution in [-0.4, -0.2) is 36.7 Å². The lowest BCUT2D eigenvalue weighted by atomic mass is 9.91. The monoisotopic (exact) mass is 364 g/mol. The number of rotatable bonds is 8. The predicted molar refractivity (Wildman–Crippen MR) is 106 cm³/mol. The van der Waals surface area contributed by atoms with Gasteiger partial charge in [-0.05, 0) is 55.8 Å². The number of carbonyl (C=O) groups is 1. The number of hydrogen-bond acceptors (Lipinski definition) is 4. The second kappa shape index (κ2) is 11.1. The maximum absolute atomic E-state index is 8.58. The summed E-state index contributed by atoms with van der Waals surface area (Å²) in [6.45, 7) is 15.4. The van der Waals surface area contributed by atoms with Crippen molar-refractivity contribution in [2.24, 2.45) is 17.6 Å². The van der Waals surface area contributed by atoms with Gasteiger partial charge in [-0.3, -0.25) is 9.69 Å². The normalized spacial score (nSPS) is 15.0. The van der Waals surface area contributed by atoms with Crippen LogP contribution in [0.1, 0.15) is 53.5 Å². The third kappa shape index (κ3) is 6.52. The molecule has 1 aliphatic heterocycles. The Morgan fingerprint density at radius 1 is 1.15 bits per heavy atom. The zero-order chi connectivity index (χ0) is 19.7. The lowest BCUT2D eigenvalue weighted by molar-refractivity contribution is -0.106. The highest BCUT2D eigenvalue weighted by Crippen LogP contribution is 2.33. The average Bonchev–Trinajstić information content (AvgIpc) is 3.02. The lowest BCUT2D eigenvalue weighted by Gasteiger charge is -2.39. The van der Waals surface area contributed by atoms with Crippen molar-refractivity contribution in [3.8, 4) is 11.5 Å². The Hall–Kier alpha value is -1.75. The summed E-state index contributed by atoms with van der Waals surface area (Å²) in [5.41, 5.74) is 5.49. The maximum atomic E-state index is 8.58. The molecule has 2 N–H and O–H groups in total. The molecule has 2 atom stereocenters. The van der Waals surface area contributed by atoms with E-state index in [1.54, 1.807) is 0 Å². The number of fused-ring (bicyclic) bond motifs is 1. The van der Waals surface area contributed by atoms with Crippen molar-refractivity contribution in [2.75, 3.05) is 13.3 Å². The van der Waals surface area contributed by atoms with Crippen molar-refractivity contribution in [1.82, 2.24) is 4.90 Å². The highest BCUT2D eigenvalue weighted by Gasteiger charge is 2.26. The maximum Gasteiger partial charge on any atom is 0.231 e. The van der Waals surface area contributed by atoms with Gasteiger partial charge in [-0.1, -0.05) is 40.7 Å². The number of nitrogens with two attached hydrogens (primary N) is 1. The van der Waals surface area contributed by atoms with Gasteiger partial charge in [-0.2, -0.15) is 0 Å². The summed E-state index contributed by atoms with van der Waals surface area (Å²) < 4.78 is 10.9. The van der Waals surface area contributed by atoms with Crippen LogP contribution in [0.4, 0.5) is 0 Å². The van der Waals surface area contributed by atoms with Crippen LogP contribution in [0.5, 0.6) is 11.5 Å². The molecule has 1 amide bonds. The van der Waals surface area contributed by atoms with E-state index < -0.39 is 0 Å². The van der Waals surface area contributed by atoms with Crippen molar-refractivity contribution >= 4 is 6.41 Å². The molecule has 0 bridgehead atoms. The first-order valence-corrected chi connectivity index (χ1v) is 9.63.